The van der Waals surface area contributed by atoms with Crippen LogP contribution in [-0.2, 0) is 4.74 Å². The van der Waals surface area contributed by atoms with Gasteiger partial charge >= 0.3 is 0 Å². The van der Waals surface area contributed by atoms with Gasteiger partial charge in [-0.25, -0.2) is 0 Å². The number of allylic oxidation sites excluding steroid dienone is 1. The second-order valence-corrected chi connectivity index (χ2v) is 3.44. The smallest absolute Gasteiger partial charge is 0.118 e. The second-order valence-electron chi connectivity index (χ2n) is 3.44. The van der Waals surface area contributed by atoms with Crippen molar-refractivity contribution < 1.29 is 4.74 Å². The van der Waals surface area contributed by atoms with Crippen molar-refractivity contribution in [3.63, 3.8) is 0 Å². The first kappa shape index (κ1) is 10.6. The molecule has 14 heavy (non-hydrogen) atoms. The number of aryl methyl sites for hydroxylation is 1. The molecule has 0 radical (unpaired) electrons. The summed E-state index contributed by atoms with van der Waals surface area (Å²) in [4.78, 5) is 0. The van der Waals surface area contributed by atoms with Crippen LogP contribution in [0, 0.1) is 6.92 Å². The molecule has 0 spiro atoms. The van der Waals surface area contributed by atoms with Crippen molar-refractivity contribution in [2.45, 2.75) is 13.8 Å². The quantitative estimate of drug-likeness (QED) is 0.658. The van der Waals surface area contributed by atoms with Gasteiger partial charge in [0.15, 0.2) is 0 Å². The third-order valence-electron chi connectivity index (χ3n) is 2.27. The van der Waals surface area contributed by atoms with Crippen molar-refractivity contribution in [1.82, 2.24) is 0 Å². The largest absolute Gasteiger partial charge is 0.497 e. The van der Waals surface area contributed by atoms with E-state index in [-0.39, 0.29) is 0 Å². The zero-order chi connectivity index (χ0) is 10.7. The Kier molecular flexibility index (Phi) is 3.13. The van der Waals surface area contributed by atoms with Gasteiger partial charge in [0.25, 0.3) is 0 Å². The number of methoxy groups -OCH3 is 1. The van der Waals surface area contributed by atoms with Crippen LogP contribution in [0.5, 0.6) is 0 Å². The summed E-state index contributed by atoms with van der Waals surface area (Å²) in [6, 6.07) is 6.13. The average molecular weight is 188 g/mol. The SMILES string of the molecule is C=C(OC)c1ccc(C)c(C(=C)C)c1. The molecule has 0 saturated carbocycles. The molecular weight excluding hydrogens is 172 g/mol. The number of ether oxygens (including phenoxy) is 1. The lowest BCUT2D eigenvalue weighted by Crippen LogP contribution is -1.90. The van der Waals surface area contributed by atoms with Crippen LogP contribution in [0.2, 0.25) is 0 Å². The molecule has 0 fully saturated rings. The number of hydrogen-bond acceptors (Lipinski definition) is 1. The van der Waals surface area contributed by atoms with Crippen LogP contribution >= 0.6 is 0 Å². The van der Waals surface area contributed by atoms with E-state index in [2.05, 4.69) is 32.2 Å². The van der Waals surface area contributed by atoms with Gasteiger partial charge in [0.05, 0.1) is 7.11 Å². The van der Waals surface area contributed by atoms with Crippen LogP contribution in [0.25, 0.3) is 11.3 Å². The van der Waals surface area contributed by atoms with Crippen molar-refractivity contribution in [2.24, 2.45) is 0 Å². The van der Waals surface area contributed by atoms with Gasteiger partial charge in [0, 0.05) is 5.56 Å². The maximum Gasteiger partial charge on any atom is 0.118 e. The van der Waals surface area contributed by atoms with Gasteiger partial charge in [-0.3, -0.25) is 0 Å². The van der Waals surface area contributed by atoms with Crippen LogP contribution in [0.1, 0.15) is 23.6 Å². The highest BCUT2D eigenvalue weighted by molar-refractivity contribution is 5.69. The molecule has 0 amide bonds. The van der Waals surface area contributed by atoms with E-state index in [1.54, 1.807) is 7.11 Å². The second kappa shape index (κ2) is 4.14. The van der Waals surface area contributed by atoms with E-state index in [0.29, 0.717) is 5.76 Å². The summed E-state index contributed by atoms with van der Waals surface area (Å²) in [6.45, 7) is 11.8. The summed E-state index contributed by atoms with van der Waals surface area (Å²) >= 11 is 0. The molecule has 0 unspecified atom stereocenters. The van der Waals surface area contributed by atoms with Crippen molar-refractivity contribution in [3.8, 4) is 0 Å². The zero-order valence-electron chi connectivity index (χ0n) is 9.05. The standard InChI is InChI=1S/C13H16O/c1-9(2)13-8-12(11(4)14-5)7-6-10(13)3/h6-8H,1,4H2,2-3,5H3. The van der Waals surface area contributed by atoms with E-state index in [4.69, 9.17) is 4.74 Å². The Bertz CT molecular complexity index is 375. The molecule has 0 saturated heterocycles. The third-order valence-corrected chi connectivity index (χ3v) is 2.27. The number of hydrogen-bond donors (Lipinski definition) is 0. The Morgan fingerprint density at radius 3 is 2.43 bits per heavy atom. The summed E-state index contributed by atoms with van der Waals surface area (Å²) in [5.74, 6) is 0.688. The van der Waals surface area contributed by atoms with E-state index in [0.717, 1.165) is 11.1 Å². The summed E-state index contributed by atoms with van der Waals surface area (Å²) in [5.41, 5.74) is 4.47. The highest BCUT2D eigenvalue weighted by Crippen LogP contribution is 2.22. The van der Waals surface area contributed by atoms with Crippen LogP contribution in [-0.4, -0.2) is 7.11 Å². The Labute approximate surface area is 85.7 Å². The van der Waals surface area contributed by atoms with Crippen molar-refractivity contribution in [1.29, 1.82) is 0 Å². The van der Waals surface area contributed by atoms with Crippen LogP contribution < -0.4 is 0 Å². The molecule has 1 aromatic carbocycles. The van der Waals surface area contributed by atoms with Gasteiger partial charge in [0.1, 0.15) is 5.76 Å². The molecule has 1 rings (SSSR count). The molecule has 0 N–H and O–H groups in total. The van der Waals surface area contributed by atoms with Crippen LogP contribution in [0.3, 0.4) is 0 Å². The minimum Gasteiger partial charge on any atom is -0.497 e. The fourth-order valence-corrected chi connectivity index (χ4v) is 1.37. The molecule has 1 heteroatoms. The first-order valence-electron chi connectivity index (χ1n) is 4.56. The average Bonchev–Trinajstić information content (AvgIpc) is 2.17. The first-order chi connectivity index (χ1) is 6.56. The normalized spacial score (nSPS) is 9.64. The predicted molar refractivity (Wildman–Crippen MR) is 61.9 cm³/mol. The van der Waals surface area contributed by atoms with Gasteiger partial charge < -0.3 is 4.74 Å². The molecule has 0 atom stereocenters. The molecule has 0 aromatic heterocycles. The fourth-order valence-electron chi connectivity index (χ4n) is 1.37. The molecule has 0 aliphatic heterocycles. The van der Waals surface area contributed by atoms with E-state index >= 15 is 0 Å². The lowest BCUT2D eigenvalue weighted by molar-refractivity contribution is 0.371. The molecule has 1 aromatic rings. The van der Waals surface area contributed by atoms with E-state index in [1.165, 1.54) is 11.1 Å². The Hall–Kier alpha value is -1.50. The van der Waals surface area contributed by atoms with Gasteiger partial charge in [-0.1, -0.05) is 30.9 Å². The van der Waals surface area contributed by atoms with Gasteiger partial charge in [-0.2, -0.15) is 0 Å². The lowest BCUT2D eigenvalue weighted by Gasteiger charge is -2.09. The van der Waals surface area contributed by atoms with Crippen LogP contribution in [0.4, 0.5) is 0 Å². The predicted octanol–water partition coefficient (Wildman–Crippen LogP) is 3.65. The van der Waals surface area contributed by atoms with E-state index in [9.17, 15) is 0 Å². The maximum absolute atomic E-state index is 5.09. The minimum absolute atomic E-state index is 0.688. The van der Waals surface area contributed by atoms with Gasteiger partial charge in [0.2, 0.25) is 0 Å². The third kappa shape index (κ3) is 2.05. The Morgan fingerprint density at radius 2 is 1.93 bits per heavy atom. The Morgan fingerprint density at radius 1 is 1.29 bits per heavy atom. The Balaban J connectivity index is 3.19. The lowest BCUT2D eigenvalue weighted by atomic mass is 9.99. The molecule has 0 bridgehead atoms. The molecule has 0 heterocycles. The molecule has 74 valence electrons. The topological polar surface area (TPSA) is 9.23 Å². The molecule has 0 aliphatic carbocycles. The van der Waals surface area contributed by atoms with Gasteiger partial charge in [-0.05, 0) is 31.0 Å². The summed E-state index contributed by atoms with van der Waals surface area (Å²) in [5, 5.41) is 0. The van der Waals surface area contributed by atoms with Gasteiger partial charge in [-0.15, -0.1) is 0 Å². The van der Waals surface area contributed by atoms with E-state index in [1.807, 2.05) is 13.0 Å². The first-order valence-corrected chi connectivity index (χ1v) is 4.56. The highest BCUT2D eigenvalue weighted by atomic mass is 16.5. The number of benzene rings is 1. The van der Waals surface area contributed by atoms with Crippen molar-refractivity contribution in [3.05, 3.63) is 48.0 Å². The molecule has 0 aliphatic rings. The van der Waals surface area contributed by atoms with Crippen LogP contribution in [0.15, 0.2) is 31.4 Å². The number of rotatable bonds is 3. The summed E-state index contributed by atoms with van der Waals surface area (Å²) in [6.07, 6.45) is 0. The minimum atomic E-state index is 0.688. The fraction of sp³-hybridized carbons (Fsp3) is 0.231. The zero-order valence-corrected chi connectivity index (χ0v) is 9.05. The van der Waals surface area contributed by atoms with Crippen molar-refractivity contribution in [2.75, 3.05) is 7.11 Å². The monoisotopic (exact) mass is 188 g/mol. The molecule has 1 nitrogen and oxygen atoms in total. The van der Waals surface area contributed by atoms with E-state index < -0.39 is 0 Å². The molecular formula is C13H16O. The van der Waals surface area contributed by atoms with Crippen molar-refractivity contribution >= 4 is 11.3 Å². The summed E-state index contributed by atoms with van der Waals surface area (Å²) in [7, 11) is 1.63. The summed E-state index contributed by atoms with van der Waals surface area (Å²) < 4.78 is 5.09. The highest BCUT2D eigenvalue weighted by Gasteiger charge is 2.03. The maximum atomic E-state index is 5.09.